The average Bonchev–Trinajstić information content (AvgIpc) is 2.79. The molecule has 0 saturated heterocycles. The second kappa shape index (κ2) is 4.72. The number of likely N-dealkylation sites (N-methyl/N-ethyl adjacent to an activating group) is 1. The number of carboxylic acids is 1. The summed E-state index contributed by atoms with van der Waals surface area (Å²) in [5, 5.41) is 11.4. The summed E-state index contributed by atoms with van der Waals surface area (Å²) >= 11 is 0. The summed E-state index contributed by atoms with van der Waals surface area (Å²) in [5.74, 6) is -0.455. The van der Waals surface area contributed by atoms with Crippen molar-refractivity contribution in [3.05, 3.63) is 0 Å². The largest absolute Gasteiger partial charge is 0.480 e. The van der Waals surface area contributed by atoms with Gasteiger partial charge in [0.25, 0.3) is 0 Å². The zero-order valence-corrected chi connectivity index (χ0v) is 10.1. The van der Waals surface area contributed by atoms with Crippen molar-refractivity contribution in [2.45, 2.75) is 27.2 Å². The highest BCUT2D eigenvalue weighted by Gasteiger charge is 2.45. The quantitative estimate of drug-likeness (QED) is 0.741. The number of carbonyl (C=O) groups excluding carboxylic acids is 1. The van der Waals surface area contributed by atoms with E-state index in [0.29, 0.717) is 24.4 Å². The van der Waals surface area contributed by atoms with E-state index in [1.165, 1.54) is 4.90 Å². The first-order chi connectivity index (χ1) is 7.36. The van der Waals surface area contributed by atoms with Crippen LogP contribution in [0.2, 0.25) is 0 Å². The molecule has 0 aromatic carbocycles. The summed E-state index contributed by atoms with van der Waals surface area (Å²) in [7, 11) is 0. The van der Waals surface area contributed by atoms with Crippen molar-refractivity contribution in [3.8, 4) is 0 Å². The van der Waals surface area contributed by atoms with Gasteiger partial charge in [-0.05, 0) is 24.7 Å². The number of urea groups is 1. The third kappa shape index (κ3) is 3.40. The van der Waals surface area contributed by atoms with Crippen molar-refractivity contribution in [1.29, 1.82) is 0 Å². The van der Waals surface area contributed by atoms with Crippen molar-refractivity contribution in [2.24, 2.45) is 11.3 Å². The minimum Gasteiger partial charge on any atom is -0.480 e. The summed E-state index contributed by atoms with van der Waals surface area (Å²) in [4.78, 5) is 23.4. The van der Waals surface area contributed by atoms with Gasteiger partial charge in [-0.2, -0.15) is 0 Å². The Balaban J connectivity index is 2.30. The Morgan fingerprint density at radius 1 is 1.50 bits per heavy atom. The molecule has 2 amide bonds. The van der Waals surface area contributed by atoms with Gasteiger partial charge in [0.1, 0.15) is 6.54 Å². The summed E-state index contributed by atoms with van der Waals surface area (Å²) in [6.07, 6.45) is 1.12. The molecular weight excluding hydrogens is 208 g/mol. The number of nitrogens with one attached hydrogen (secondary N) is 1. The minimum atomic E-state index is -0.983. The van der Waals surface area contributed by atoms with Crippen LogP contribution in [-0.4, -0.2) is 41.6 Å². The van der Waals surface area contributed by atoms with E-state index >= 15 is 0 Å². The van der Waals surface area contributed by atoms with Crippen molar-refractivity contribution in [2.75, 3.05) is 19.6 Å². The molecule has 0 aromatic rings. The third-order valence-corrected chi connectivity index (χ3v) is 3.21. The second-order valence-electron chi connectivity index (χ2n) is 4.98. The molecule has 5 nitrogen and oxygen atoms in total. The van der Waals surface area contributed by atoms with E-state index in [9.17, 15) is 9.59 Å². The number of rotatable bonds is 5. The van der Waals surface area contributed by atoms with Crippen molar-refractivity contribution in [3.63, 3.8) is 0 Å². The fraction of sp³-hybridized carbons (Fsp3) is 0.818. The highest BCUT2D eigenvalue weighted by Crippen LogP contribution is 2.50. The number of aliphatic carboxylic acids is 1. The first-order valence-corrected chi connectivity index (χ1v) is 5.61. The molecule has 0 spiro atoms. The van der Waals surface area contributed by atoms with Crippen LogP contribution in [0.3, 0.4) is 0 Å². The standard InChI is InChI=1S/C11H20N2O3/c1-4-13(7-9(14)15)10(16)12-6-8-5-11(8,2)3/h8H,4-7H2,1-3H3,(H,12,16)(H,14,15). The second-order valence-corrected chi connectivity index (χ2v) is 4.98. The molecule has 0 aromatic heterocycles. The lowest BCUT2D eigenvalue weighted by molar-refractivity contribution is -0.137. The van der Waals surface area contributed by atoms with E-state index < -0.39 is 5.97 Å². The Hall–Kier alpha value is -1.26. The number of carboxylic acid groups (broad SMARTS) is 1. The molecule has 5 heteroatoms. The van der Waals surface area contributed by atoms with Gasteiger partial charge >= 0.3 is 12.0 Å². The smallest absolute Gasteiger partial charge is 0.323 e. The Morgan fingerprint density at radius 2 is 2.06 bits per heavy atom. The van der Waals surface area contributed by atoms with Crippen LogP contribution in [0.25, 0.3) is 0 Å². The van der Waals surface area contributed by atoms with Gasteiger partial charge in [-0.3, -0.25) is 4.79 Å². The maximum atomic E-state index is 11.6. The highest BCUT2D eigenvalue weighted by atomic mass is 16.4. The molecule has 1 aliphatic rings. The van der Waals surface area contributed by atoms with Gasteiger partial charge in [-0.15, -0.1) is 0 Å². The molecule has 2 N–H and O–H groups in total. The predicted molar refractivity (Wildman–Crippen MR) is 60.2 cm³/mol. The number of amides is 2. The molecule has 0 aliphatic heterocycles. The third-order valence-electron chi connectivity index (χ3n) is 3.21. The van der Waals surface area contributed by atoms with E-state index in [1.54, 1.807) is 6.92 Å². The molecular formula is C11H20N2O3. The number of hydrogen-bond acceptors (Lipinski definition) is 2. The van der Waals surface area contributed by atoms with Crippen LogP contribution in [0.15, 0.2) is 0 Å². The van der Waals surface area contributed by atoms with Crippen LogP contribution in [0, 0.1) is 11.3 Å². The summed E-state index contributed by atoms with van der Waals surface area (Å²) in [5.41, 5.74) is 0.330. The van der Waals surface area contributed by atoms with Gasteiger partial charge < -0.3 is 15.3 Å². The van der Waals surface area contributed by atoms with Gasteiger partial charge in [0.2, 0.25) is 0 Å². The maximum Gasteiger partial charge on any atom is 0.323 e. The molecule has 1 aliphatic carbocycles. The van der Waals surface area contributed by atoms with Gasteiger partial charge in [-0.25, -0.2) is 4.79 Å². The molecule has 92 valence electrons. The Bertz CT molecular complexity index is 289. The van der Waals surface area contributed by atoms with Crippen LogP contribution < -0.4 is 5.32 Å². The van der Waals surface area contributed by atoms with Crippen LogP contribution in [0.1, 0.15) is 27.2 Å². The van der Waals surface area contributed by atoms with Crippen molar-refractivity contribution >= 4 is 12.0 Å². The first-order valence-electron chi connectivity index (χ1n) is 5.61. The Morgan fingerprint density at radius 3 is 2.44 bits per heavy atom. The molecule has 1 saturated carbocycles. The Kier molecular flexibility index (Phi) is 3.78. The van der Waals surface area contributed by atoms with Crippen LogP contribution in [0.5, 0.6) is 0 Å². The van der Waals surface area contributed by atoms with E-state index in [0.717, 1.165) is 6.42 Å². The normalized spacial score (nSPS) is 21.3. The lowest BCUT2D eigenvalue weighted by Gasteiger charge is -2.19. The van der Waals surface area contributed by atoms with Gasteiger partial charge in [0.05, 0.1) is 0 Å². The lowest BCUT2D eigenvalue weighted by Crippen LogP contribution is -2.43. The fourth-order valence-corrected chi connectivity index (χ4v) is 1.74. The van der Waals surface area contributed by atoms with Crippen molar-refractivity contribution < 1.29 is 14.7 Å². The molecule has 1 fully saturated rings. The number of nitrogens with zero attached hydrogens (tertiary/aromatic N) is 1. The molecule has 1 unspecified atom stereocenters. The van der Waals surface area contributed by atoms with E-state index in [-0.39, 0.29) is 12.6 Å². The zero-order valence-electron chi connectivity index (χ0n) is 10.1. The molecule has 0 heterocycles. The molecule has 0 bridgehead atoms. The Labute approximate surface area is 95.8 Å². The zero-order chi connectivity index (χ0) is 12.3. The SMILES string of the molecule is CCN(CC(=O)O)C(=O)NCC1CC1(C)C. The molecule has 1 atom stereocenters. The average molecular weight is 228 g/mol. The van der Waals surface area contributed by atoms with E-state index in [1.807, 2.05) is 0 Å². The van der Waals surface area contributed by atoms with Gasteiger partial charge in [-0.1, -0.05) is 13.8 Å². The van der Waals surface area contributed by atoms with Crippen LogP contribution in [-0.2, 0) is 4.79 Å². The molecule has 0 radical (unpaired) electrons. The van der Waals surface area contributed by atoms with Crippen LogP contribution >= 0.6 is 0 Å². The topological polar surface area (TPSA) is 69.6 Å². The van der Waals surface area contributed by atoms with E-state index in [4.69, 9.17) is 5.11 Å². The van der Waals surface area contributed by atoms with Crippen LogP contribution in [0.4, 0.5) is 4.79 Å². The summed E-state index contributed by atoms with van der Waals surface area (Å²) < 4.78 is 0. The summed E-state index contributed by atoms with van der Waals surface area (Å²) in [6.45, 7) is 6.91. The van der Waals surface area contributed by atoms with Gasteiger partial charge in [0.15, 0.2) is 0 Å². The molecule has 16 heavy (non-hydrogen) atoms. The number of carbonyl (C=O) groups is 2. The fourth-order valence-electron chi connectivity index (χ4n) is 1.74. The summed E-state index contributed by atoms with van der Waals surface area (Å²) in [6, 6.07) is -0.285. The predicted octanol–water partition coefficient (Wildman–Crippen LogP) is 1.15. The lowest BCUT2D eigenvalue weighted by atomic mass is 10.1. The van der Waals surface area contributed by atoms with Crippen molar-refractivity contribution in [1.82, 2.24) is 10.2 Å². The van der Waals surface area contributed by atoms with Gasteiger partial charge in [0, 0.05) is 13.1 Å². The maximum absolute atomic E-state index is 11.6. The minimum absolute atomic E-state index is 0.240. The van der Waals surface area contributed by atoms with E-state index in [2.05, 4.69) is 19.2 Å². The first kappa shape index (κ1) is 12.8. The number of hydrogen-bond donors (Lipinski definition) is 2. The molecule has 1 rings (SSSR count). The monoisotopic (exact) mass is 228 g/mol. The highest BCUT2D eigenvalue weighted by molar-refractivity contribution is 5.80.